The summed E-state index contributed by atoms with van der Waals surface area (Å²) in [5, 5.41) is 6.79. The number of carbonyl (C=O) groups is 1. The van der Waals surface area contributed by atoms with E-state index in [0.29, 0.717) is 47.4 Å². The quantitative estimate of drug-likeness (QED) is 0.900. The molecule has 0 saturated heterocycles. The number of anilines is 1. The van der Waals surface area contributed by atoms with Crippen molar-refractivity contribution < 1.29 is 14.3 Å². The standard InChI is InChI=1S/C13H12BrN3O3S/c1-2-8-12(21-17-16-8)13(18)15-9-6-11-10(5-7(9)14)19-3-4-20-11/h5-6H,2-4H2,1H3,(H,15,18). The Morgan fingerprint density at radius 1 is 1.38 bits per heavy atom. The number of rotatable bonds is 3. The largest absolute Gasteiger partial charge is 0.486 e. The first-order chi connectivity index (χ1) is 10.2. The van der Waals surface area contributed by atoms with E-state index in [9.17, 15) is 4.79 Å². The van der Waals surface area contributed by atoms with E-state index in [1.807, 2.05) is 6.92 Å². The second kappa shape index (κ2) is 5.98. The molecule has 0 bridgehead atoms. The Hall–Kier alpha value is -1.67. The Bertz CT molecular complexity index is 689. The van der Waals surface area contributed by atoms with Crippen LogP contribution in [0.4, 0.5) is 5.69 Å². The number of aromatic nitrogens is 2. The summed E-state index contributed by atoms with van der Waals surface area (Å²) in [7, 11) is 0. The van der Waals surface area contributed by atoms with Crippen LogP contribution in [-0.2, 0) is 6.42 Å². The fraction of sp³-hybridized carbons (Fsp3) is 0.308. The maximum Gasteiger partial charge on any atom is 0.269 e. The normalized spacial score (nSPS) is 13.0. The van der Waals surface area contributed by atoms with Gasteiger partial charge in [-0.05, 0) is 33.9 Å². The first kappa shape index (κ1) is 14.3. The zero-order valence-electron chi connectivity index (χ0n) is 11.2. The Kier molecular flexibility index (Phi) is 4.07. The molecular formula is C13H12BrN3O3S. The number of ether oxygens (including phenoxy) is 2. The van der Waals surface area contributed by atoms with Crippen LogP contribution in [-0.4, -0.2) is 28.7 Å². The van der Waals surface area contributed by atoms with Crippen LogP contribution in [0.3, 0.4) is 0 Å². The average Bonchev–Trinajstić information content (AvgIpc) is 2.96. The van der Waals surface area contributed by atoms with Crippen LogP contribution < -0.4 is 14.8 Å². The summed E-state index contributed by atoms with van der Waals surface area (Å²) in [5.41, 5.74) is 1.32. The number of fused-ring (bicyclic) bond motifs is 1. The highest BCUT2D eigenvalue weighted by atomic mass is 79.9. The molecule has 6 nitrogen and oxygen atoms in total. The number of hydrogen-bond donors (Lipinski definition) is 1. The molecule has 1 amide bonds. The zero-order valence-corrected chi connectivity index (χ0v) is 13.6. The number of aryl methyl sites for hydroxylation is 1. The smallest absolute Gasteiger partial charge is 0.269 e. The Balaban J connectivity index is 1.86. The third-order valence-corrected chi connectivity index (χ3v) is 4.40. The molecule has 0 unspecified atom stereocenters. The summed E-state index contributed by atoms with van der Waals surface area (Å²) in [6.45, 7) is 2.96. The number of hydrogen-bond acceptors (Lipinski definition) is 6. The van der Waals surface area contributed by atoms with Gasteiger partial charge in [0, 0.05) is 16.6 Å². The van der Waals surface area contributed by atoms with E-state index < -0.39 is 0 Å². The highest BCUT2D eigenvalue weighted by Gasteiger charge is 2.19. The number of carbonyl (C=O) groups excluding carboxylic acids is 1. The Labute approximate surface area is 133 Å². The van der Waals surface area contributed by atoms with Crippen LogP contribution in [0.2, 0.25) is 0 Å². The van der Waals surface area contributed by atoms with Crippen molar-refractivity contribution >= 4 is 39.1 Å². The van der Waals surface area contributed by atoms with Gasteiger partial charge in [0.25, 0.3) is 5.91 Å². The van der Waals surface area contributed by atoms with E-state index >= 15 is 0 Å². The number of nitrogens with zero attached hydrogens (tertiary/aromatic N) is 2. The SMILES string of the molecule is CCc1nnsc1C(=O)Nc1cc2c(cc1Br)OCCO2. The topological polar surface area (TPSA) is 73.3 Å². The molecule has 0 radical (unpaired) electrons. The van der Waals surface area contributed by atoms with E-state index in [1.54, 1.807) is 12.1 Å². The number of amides is 1. The molecule has 1 aromatic heterocycles. The van der Waals surface area contributed by atoms with Crippen LogP contribution in [0.1, 0.15) is 22.3 Å². The van der Waals surface area contributed by atoms with Gasteiger partial charge in [0.05, 0.1) is 11.4 Å². The lowest BCUT2D eigenvalue weighted by Crippen LogP contribution is -2.17. The molecule has 2 aromatic rings. The van der Waals surface area contributed by atoms with Gasteiger partial charge in [-0.25, -0.2) is 0 Å². The molecule has 1 aliphatic rings. The van der Waals surface area contributed by atoms with Crippen molar-refractivity contribution in [3.05, 3.63) is 27.2 Å². The van der Waals surface area contributed by atoms with Gasteiger partial charge in [-0.2, -0.15) is 0 Å². The van der Waals surface area contributed by atoms with Gasteiger partial charge in [0.1, 0.15) is 18.1 Å². The number of nitrogens with one attached hydrogen (secondary N) is 1. The van der Waals surface area contributed by atoms with Gasteiger partial charge >= 0.3 is 0 Å². The van der Waals surface area contributed by atoms with Gasteiger partial charge in [-0.3, -0.25) is 4.79 Å². The second-order valence-electron chi connectivity index (χ2n) is 4.33. The summed E-state index contributed by atoms with van der Waals surface area (Å²) in [4.78, 5) is 12.8. The van der Waals surface area contributed by atoms with E-state index in [-0.39, 0.29) is 5.91 Å². The van der Waals surface area contributed by atoms with Crippen molar-refractivity contribution in [2.45, 2.75) is 13.3 Å². The molecule has 1 aromatic carbocycles. The molecule has 0 aliphatic carbocycles. The summed E-state index contributed by atoms with van der Waals surface area (Å²) >= 11 is 4.52. The minimum absolute atomic E-state index is 0.223. The lowest BCUT2D eigenvalue weighted by molar-refractivity contribution is 0.102. The summed E-state index contributed by atoms with van der Waals surface area (Å²) < 4.78 is 15.6. The van der Waals surface area contributed by atoms with E-state index in [1.165, 1.54) is 0 Å². The van der Waals surface area contributed by atoms with Crippen LogP contribution in [0.15, 0.2) is 16.6 Å². The maximum atomic E-state index is 12.3. The summed E-state index contributed by atoms with van der Waals surface area (Å²) in [5.74, 6) is 1.07. The van der Waals surface area contributed by atoms with Crippen LogP contribution in [0.5, 0.6) is 11.5 Å². The minimum Gasteiger partial charge on any atom is -0.486 e. The molecule has 110 valence electrons. The van der Waals surface area contributed by atoms with Crippen molar-refractivity contribution in [2.24, 2.45) is 0 Å². The molecule has 21 heavy (non-hydrogen) atoms. The monoisotopic (exact) mass is 369 g/mol. The Morgan fingerprint density at radius 2 is 2.10 bits per heavy atom. The molecule has 1 aliphatic heterocycles. The molecule has 3 rings (SSSR count). The van der Waals surface area contributed by atoms with Gasteiger partial charge in [-0.1, -0.05) is 11.4 Å². The predicted molar refractivity (Wildman–Crippen MR) is 82.4 cm³/mol. The van der Waals surface area contributed by atoms with Crippen molar-refractivity contribution in [2.75, 3.05) is 18.5 Å². The average molecular weight is 370 g/mol. The third kappa shape index (κ3) is 2.86. The highest BCUT2D eigenvalue weighted by Crippen LogP contribution is 2.38. The maximum absolute atomic E-state index is 12.3. The molecule has 2 heterocycles. The molecule has 0 saturated carbocycles. The van der Waals surface area contributed by atoms with Gasteiger partial charge in [0.2, 0.25) is 0 Å². The van der Waals surface area contributed by atoms with Crippen molar-refractivity contribution in [3.63, 3.8) is 0 Å². The van der Waals surface area contributed by atoms with Crippen LogP contribution in [0.25, 0.3) is 0 Å². The molecule has 0 atom stereocenters. The first-order valence-corrected chi connectivity index (χ1v) is 7.97. The van der Waals surface area contributed by atoms with E-state index in [4.69, 9.17) is 9.47 Å². The summed E-state index contributed by atoms with van der Waals surface area (Å²) in [6, 6.07) is 3.53. The number of halogens is 1. The van der Waals surface area contributed by atoms with Crippen molar-refractivity contribution in [3.8, 4) is 11.5 Å². The van der Waals surface area contributed by atoms with Crippen LogP contribution >= 0.6 is 27.5 Å². The van der Waals surface area contributed by atoms with Crippen molar-refractivity contribution in [1.29, 1.82) is 0 Å². The fourth-order valence-electron chi connectivity index (χ4n) is 1.95. The van der Waals surface area contributed by atoms with Gasteiger partial charge in [0.15, 0.2) is 11.5 Å². The van der Waals surface area contributed by atoms with Crippen LogP contribution in [0, 0.1) is 0 Å². The lowest BCUT2D eigenvalue weighted by atomic mass is 10.2. The Morgan fingerprint density at radius 3 is 2.81 bits per heavy atom. The molecule has 8 heteroatoms. The highest BCUT2D eigenvalue weighted by molar-refractivity contribution is 9.10. The van der Waals surface area contributed by atoms with Gasteiger partial charge < -0.3 is 14.8 Å². The summed E-state index contributed by atoms with van der Waals surface area (Å²) in [6.07, 6.45) is 0.668. The predicted octanol–water partition coefficient (Wildman–Crippen LogP) is 2.89. The van der Waals surface area contributed by atoms with Gasteiger partial charge in [-0.15, -0.1) is 5.10 Å². The van der Waals surface area contributed by atoms with Crippen molar-refractivity contribution in [1.82, 2.24) is 9.59 Å². The minimum atomic E-state index is -0.223. The molecular weight excluding hydrogens is 358 g/mol. The first-order valence-electron chi connectivity index (χ1n) is 6.40. The molecule has 0 fully saturated rings. The zero-order chi connectivity index (χ0) is 14.8. The second-order valence-corrected chi connectivity index (χ2v) is 5.94. The lowest BCUT2D eigenvalue weighted by Gasteiger charge is -2.20. The molecule has 0 spiro atoms. The van der Waals surface area contributed by atoms with E-state index in [2.05, 4.69) is 30.8 Å². The third-order valence-electron chi connectivity index (χ3n) is 2.98. The number of benzene rings is 1. The van der Waals surface area contributed by atoms with E-state index in [0.717, 1.165) is 16.0 Å². The fourth-order valence-corrected chi connectivity index (χ4v) is 3.02. The molecule has 1 N–H and O–H groups in total.